The van der Waals surface area contributed by atoms with Gasteiger partial charge in [0.05, 0.1) is 0 Å². The second kappa shape index (κ2) is 10.3. The summed E-state index contributed by atoms with van der Waals surface area (Å²) in [5.74, 6) is -0.0516. The van der Waals surface area contributed by atoms with Crippen LogP contribution in [0.3, 0.4) is 0 Å². The van der Waals surface area contributed by atoms with Crippen molar-refractivity contribution in [3.63, 3.8) is 0 Å². The predicted octanol–water partition coefficient (Wildman–Crippen LogP) is 5.02. The molecule has 0 aliphatic carbocycles. The predicted molar refractivity (Wildman–Crippen MR) is 96.7 cm³/mol. The number of amidine groups is 1. The molecular formula is C18H24N4O2. The zero-order valence-electron chi connectivity index (χ0n) is 14.3. The molecule has 2 rings (SSSR count). The van der Waals surface area contributed by atoms with Crippen LogP contribution in [-0.4, -0.2) is 22.3 Å². The molecule has 0 bridgehead atoms. The van der Waals surface area contributed by atoms with Gasteiger partial charge in [-0.2, -0.15) is 0 Å². The number of fused-ring (bicyclic) bond motifs is 1. The number of rotatable bonds is 6. The third kappa shape index (κ3) is 4.97. The SMILES string of the molecule is C/C=C\C(=C/COO)Cn1ccc2cc(C(=N)N=N)ccc21.CC. The molecule has 1 aromatic heterocycles. The van der Waals surface area contributed by atoms with Crippen LogP contribution >= 0.6 is 0 Å². The van der Waals surface area contributed by atoms with Gasteiger partial charge < -0.3 is 4.57 Å². The summed E-state index contributed by atoms with van der Waals surface area (Å²) < 4.78 is 2.07. The Morgan fingerprint density at radius 2 is 2.08 bits per heavy atom. The van der Waals surface area contributed by atoms with Gasteiger partial charge in [-0.05, 0) is 36.8 Å². The summed E-state index contributed by atoms with van der Waals surface area (Å²) in [4.78, 5) is 4.11. The standard InChI is InChI=1S/C16H18N4O2.C2H6/c1-2-3-12(7-9-22-21)11-20-8-6-13-10-14(16(17)19-18)4-5-15(13)20;1-2/h2-8,10,17-18,21H,9,11H2,1H3;1-2H3/b3-2-,12-7+,17-16?,19-18?;. The largest absolute Gasteiger partial charge is 0.343 e. The number of allylic oxidation sites excluding steroid dienone is 3. The topological polar surface area (TPSA) is 94.4 Å². The minimum absolute atomic E-state index is 0.0516. The number of hydrogen-bond acceptors (Lipinski definition) is 4. The molecule has 0 aliphatic heterocycles. The minimum Gasteiger partial charge on any atom is -0.343 e. The van der Waals surface area contributed by atoms with Crippen molar-refractivity contribution < 1.29 is 10.1 Å². The van der Waals surface area contributed by atoms with E-state index in [-0.39, 0.29) is 12.4 Å². The molecule has 1 aromatic carbocycles. The smallest absolute Gasteiger partial charge is 0.173 e. The number of nitrogens with zero attached hydrogens (tertiary/aromatic N) is 2. The van der Waals surface area contributed by atoms with Crippen molar-refractivity contribution in [2.45, 2.75) is 27.3 Å². The first-order valence-corrected chi connectivity index (χ1v) is 7.83. The molecule has 2 aromatic rings. The first kappa shape index (κ1) is 19.5. The lowest BCUT2D eigenvalue weighted by Crippen LogP contribution is -2.00. The van der Waals surface area contributed by atoms with Gasteiger partial charge in [-0.3, -0.25) is 10.7 Å². The highest BCUT2D eigenvalue weighted by Crippen LogP contribution is 2.19. The van der Waals surface area contributed by atoms with E-state index in [1.54, 1.807) is 6.07 Å². The molecule has 0 radical (unpaired) electrons. The van der Waals surface area contributed by atoms with Gasteiger partial charge in [0.2, 0.25) is 0 Å². The highest BCUT2D eigenvalue weighted by atomic mass is 17.1. The molecule has 0 amide bonds. The molecule has 0 saturated carbocycles. The molecule has 0 spiro atoms. The van der Waals surface area contributed by atoms with Crippen LogP contribution in [0.5, 0.6) is 0 Å². The summed E-state index contributed by atoms with van der Waals surface area (Å²) >= 11 is 0. The maximum Gasteiger partial charge on any atom is 0.173 e. The van der Waals surface area contributed by atoms with Gasteiger partial charge in [0.25, 0.3) is 0 Å². The van der Waals surface area contributed by atoms with Gasteiger partial charge in [-0.15, -0.1) is 5.11 Å². The molecule has 0 unspecified atom stereocenters. The zero-order chi connectivity index (χ0) is 17.9. The van der Waals surface area contributed by atoms with Gasteiger partial charge in [0, 0.05) is 29.2 Å². The highest BCUT2D eigenvalue weighted by Gasteiger charge is 2.06. The molecule has 6 heteroatoms. The molecule has 0 saturated heterocycles. The molecule has 0 aliphatic rings. The maximum atomic E-state index is 8.47. The Labute approximate surface area is 142 Å². The second-order valence-electron chi connectivity index (χ2n) is 4.75. The molecule has 128 valence electrons. The van der Waals surface area contributed by atoms with Gasteiger partial charge in [0.1, 0.15) is 6.61 Å². The van der Waals surface area contributed by atoms with E-state index in [0.717, 1.165) is 16.5 Å². The van der Waals surface area contributed by atoms with Crippen LogP contribution in [0, 0.1) is 10.9 Å². The van der Waals surface area contributed by atoms with Gasteiger partial charge in [0.15, 0.2) is 5.84 Å². The third-order valence-corrected chi connectivity index (χ3v) is 3.31. The molecule has 6 nitrogen and oxygen atoms in total. The van der Waals surface area contributed by atoms with Crippen molar-refractivity contribution in [3.8, 4) is 0 Å². The van der Waals surface area contributed by atoms with Gasteiger partial charge >= 0.3 is 0 Å². The summed E-state index contributed by atoms with van der Waals surface area (Å²) in [5, 5.41) is 20.2. The Balaban J connectivity index is 0.00000139. The van der Waals surface area contributed by atoms with E-state index in [2.05, 4.69) is 14.6 Å². The Morgan fingerprint density at radius 3 is 2.71 bits per heavy atom. The normalized spacial score (nSPS) is 11.4. The quantitative estimate of drug-likeness (QED) is 0.173. The second-order valence-corrected chi connectivity index (χ2v) is 4.75. The van der Waals surface area contributed by atoms with Crippen molar-refractivity contribution in [1.29, 1.82) is 10.9 Å². The van der Waals surface area contributed by atoms with Gasteiger partial charge in [-0.25, -0.2) is 10.4 Å². The van der Waals surface area contributed by atoms with Crippen LogP contribution in [0.2, 0.25) is 0 Å². The van der Waals surface area contributed by atoms with Crippen LogP contribution in [0.25, 0.3) is 10.9 Å². The number of hydrogen-bond donors (Lipinski definition) is 3. The lowest BCUT2D eigenvalue weighted by molar-refractivity contribution is -0.232. The van der Waals surface area contributed by atoms with Crippen LogP contribution in [0.4, 0.5) is 0 Å². The highest BCUT2D eigenvalue weighted by molar-refractivity contribution is 5.99. The summed E-state index contributed by atoms with van der Waals surface area (Å²) in [6.07, 6.45) is 7.68. The Morgan fingerprint density at radius 1 is 1.33 bits per heavy atom. The fraction of sp³-hybridized carbons (Fsp3) is 0.278. The zero-order valence-corrected chi connectivity index (χ0v) is 14.3. The molecule has 0 fully saturated rings. The molecule has 3 N–H and O–H groups in total. The van der Waals surface area contributed by atoms with Crippen LogP contribution in [0.1, 0.15) is 26.3 Å². The summed E-state index contributed by atoms with van der Waals surface area (Å²) in [5.41, 5.74) is 9.58. The van der Waals surface area contributed by atoms with Crippen molar-refractivity contribution in [1.82, 2.24) is 4.57 Å². The summed E-state index contributed by atoms with van der Waals surface area (Å²) in [7, 11) is 0. The molecule has 0 atom stereocenters. The Bertz CT molecular complexity index is 745. The van der Waals surface area contributed by atoms with Gasteiger partial charge in [-0.1, -0.05) is 32.1 Å². The maximum absolute atomic E-state index is 8.47. The lowest BCUT2D eigenvalue weighted by atomic mass is 10.1. The first-order valence-electron chi connectivity index (χ1n) is 7.83. The van der Waals surface area contributed by atoms with Crippen molar-refractivity contribution in [3.05, 3.63) is 59.8 Å². The first-order chi connectivity index (χ1) is 11.7. The fourth-order valence-electron chi connectivity index (χ4n) is 2.29. The number of benzene rings is 1. The monoisotopic (exact) mass is 328 g/mol. The minimum atomic E-state index is -0.0516. The van der Waals surface area contributed by atoms with Crippen LogP contribution < -0.4 is 0 Å². The van der Waals surface area contributed by atoms with Crippen molar-refractivity contribution in [2.24, 2.45) is 5.11 Å². The van der Waals surface area contributed by atoms with E-state index in [0.29, 0.717) is 12.1 Å². The average Bonchev–Trinajstić information content (AvgIpc) is 3.03. The molecule has 24 heavy (non-hydrogen) atoms. The van der Waals surface area contributed by atoms with Crippen molar-refractivity contribution in [2.75, 3.05) is 6.61 Å². The molecular weight excluding hydrogens is 304 g/mol. The van der Waals surface area contributed by atoms with E-state index < -0.39 is 0 Å². The van der Waals surface area contributed by atoms with Crippen LogP contribution in [0.15, 0.2) is 59.4 Å². The van der Waals surface area contributed by atoms with E-state index in [4.69, 9.17) is 16.2 Å². The summed E-state index contributed by atoms with van der Waals surface area (Å²) in [6.45, 7) is 6.73. The number of nitrogens with one attached hydrogen (secondary N) is 2. The lowest BCUT2D eigenvalue weighted by Gasteiger charge is -2.07. The van der Waals surface area contributed by atoms with E-state index in [1.807, 2.05) is 63.4 Å². The van der Waals surface area contributed by atoms with E-state index in [9.17, 15) is 0 Å². The Hall–Kier alpha value is -2.57. The number of aromatic nitrogens is 1. The summed E-state index contributed by atoms with van der Waals surface area (Å²) in [6, 6.07) is 7.52. The van der Waals surface area contributed by atoms with Crippen molar-refractivity contribution >= 4 is 16.7 Å². The van der Waals surface area contributed by atoms with Crippen LogP contribution in [-0.2, 0) is 11.4 Å². The fourth-order valence-corrected chi connectivity index (χ4v) is 2.29. The average molecular weight is 328 g/mol. The van der Waals surface area contributed by atoms with E-state index in [1.165, 1.54) is 0 Å². The molecule has 1 heterocycles. The third-order valence-electron chi connectivity index (χ3n) is 3.31. The van der Waals surface area contributed by atoms with E-state index >= 15 is 0 Å². The Kier molecular flexibility index (Phi) is 8.32.